The molecule has 4 aromatic carbocycles. The molecule has 1 N–H and O–H groups in total. The zero-order chi connectivity index (χ0) is 40.4. The zero-order valence-corrected chi connectivity index (χ0v) is 26.3. The van der Waals surface area contributed by atoms with Crippen LogP contribution in [0.25, 0.3) is 0 Å². The molecule has 0 unspecified atom stereocenters. The SMILES string of the molecule is COc1cc(OC(F)(F)F)ccc1O.COc1cc(OC(F)(F)F)ccc1Oc1cc(C(F)(F)F)ccc1C=O.O=Cc1ccc(C(F)(F)F)cc1F. The lowest BCUT2D eigenvalue weighted by molar-refractivity contribution is -0.275. The average molecular weight is 780 g/mol. The number of phenolic OH excluding ortho intramolecular Hbond substituents is 1. The van der Waals surface area contributed by atoms with Crippen LogP contribution in [0.3, 0.4) is 0 Å². The Balaban J connectivity index is 0.000000303. The maximum absolute atomic E-state index is 12.8. The second-order valence-electron chi connectivity index (χ2n) is 9.56. The summed E-state index contributed by atoms with van der Waals surface area (Å²) in [5.74, 6) is -3.41. The van der Waals surface area contributed by atoms with E-state index in [1.807, 2.05) is 0 Å². The van der Waals surface area contributed by atoms with E-state index < -0.39 is 59.3 Å². The highest BCUT2D eigenvalue weighted by Gasteiger charge is 2.34. The first-order chi connectivity index (χ1) is 24.4. The normalized spacial score (nSPS) is 11.5. The molecule has 0 amide bonds. The van der Waals surface area contributed by atoms with Crippen molar-refractivity contribution in [3.63, 3.8) is 0 Å². The van der Waals surface area contributed by atoms with Gasteiger partial charge in [0.1, 0.15) is 23.1 Å². The Morgan fingerprint density at radius 3 is 1.42 bits per heavy atom. The lowest BCUT2D eigenvalue weighted by Crippen LogP contribution is -2.17. The van der Waals surface area contributed by atoms with Crippen molar-refractivity contribution in [1.29, 1.82) is 0 Å². The monoisotopic (exact) mass is 780 g/mol. The standard InChI is InChI=1S/C16H10F6O4.C8H4F4O.C8H7F3O3/c1-24-14-7-11(26-16(20,21)22)4-5-12(14)25-13-6-10(15(17,18)19)3-2-9(13)8-23;9-7-3-6(8(10,11)12)2-1-5(7)4-13;1-13-7-4-5(2-3-6(7)12)14-8(9,10)11/h2-8H,1H3;1-4H;2-4,12H,1H3. The number of carbonyl (C=O) groups is 2. The van der Waals surface area contributed by atoms with Crippen molar-refractivity contribution in [2.24, 2.45) is 0 Å². The molecular weight excluding hydrogens is 759 g/mol. The molecule has 0 aliphatic carbocycles. The Bertz CT molecular complexity index is 1850. The lowest BCUT2D eigenvalue weighted by Gasteiger charge is -2.15. The number of hydrogen-bond donors (Lipinski definition) is 1. The Morgan fingerprint density at radius 2 is 0.981 bits per heavy atom. The Labute approximate surface area is 288 Å². The van der Waals surface area contributed by atoms with Gasteiger partial charge in [0.25, 0.3) is 0 Å². The highest BCUT2D eigenvalue weighted by atomic mass is 19.4. The predicted octanol–water partition coefficient (Wildman–Crippen LogP) is 10.2. The smallest absolute Gasteiger partial charge is 0.504 e. The molecule has 0 atom stereocenters. The van der Waals surface area contributed by atoms with Gasteiger partial charge in [-0.15, -0.1) is 26.3 Å². The van der Waals surface area contributed by atoms with Gasteiger partial charge in [-0.05, 0) is 60.7 Å². The third-order valence-corrected chi connectivity index (χ3v) is 5.90. The molecule has 8 nitrogen and oxygen atoms in total. The number of alkyl halides is 12. The number of carbonyl (C=O) groups excluding carboxylic acids is 2. The van der Waals surface area contributed by atoms with E-state index in [1.54, 1.807) is 0 Å². The molecule has 53 heavy (non-hydrogen) atoms. The molecule has 0 saturated carbocycles. The largest absolute Gasteiger partial charge is 0.573 e. The number of hydrogen-bond acceptors (Lipinski definition) is 8. The van der Waals surface area contributed by atoms with Crippen LogP contribution in [0.15, 0.2) is 72.8 Å². The number of halogens is 13. The molecule has 21 heteroatoms. The van der Waals surface area contributed by atoms with E-state index in [0.29, 0.717) is 24.3 Å². The summed E-state index contributed by atoms with van der Waals surface area (Å²) < 4.78 is 181. The summed E-state index contributed by atoms with van der Waals surface area (Å²) in [4.78, 5) is 21.1. The van der Waals surface area contributed by atoms with Crippen LogP contribution < -0.4 is 23.7 Å². The molecule has 4 aromatic rings. The number of phenols is 1. The number of aromatic hydroxyl groups is 1. The van der Waals surface area contributed by atoms with Gasteiger partial charge in [-0.2, -0.15) is 26.3 Å². The van der Waals surface area contributed by atoms with Gasteiger partial charge in [-0.1, -0.05) is 0 Å². The molecule has 0 aromatic heterocycles. The molecular formula is C32H21F13O8. The molecule has 0 aliphatic rings. The molecule has 0 bridgehead atoms. The minimum absolute atomic E-state index is 0.0771. The molecule has 0 heterocycles. The highest BCUT2D eigenvalue weighted by Crippen LogP contribution is 2.39. The van der Waals surface area contributed by atoms with Gasteiger partial charge < -0.3 is 28.8 Å². The van der Waals surface area contributed by atoms with Crippen LogP contribution in [0.4, 0.5) is 57.1 Å². The minimum atomic E-state index is -4.93. The van der Waals surface area contributed by atoms with Gasteiger partial charge >= 0.3 is 25.1 Å². The van der Waals surface area contributed by atoms with Crippen LogP contribution in [0.5, 0.6) is 40.2 Å². The number of rotatable bonds is 8. The minimum Gasteiger partial charge on any atom is -0.504 e. The average Bonchev–Trinajstić information content (AvgIpc) is 3.04. The van der Waals surface area contributed by atoms with Gasteiger partial charge in [0.2, 0.25) is 0 Å². The van der Waals surface area contributed by atoms with Crippen LogP contribution in [0.1, 0.15) is 31.8 Å². The second kappa shape index (κ2) is 17.6. The molecule has 0 fully saturated rings. The first-order valence-electron chi connectivity index (χ1n) is 13.6. The fourth-order valence-electron chi connectivity index (χ4n) is 3.60. The van der Waals surface area contributed by atoms with Gasteiger partial charge in [0.15, 0.2) is 35.6 Å². The van der Waals surface area contributed by atoms with Crippen molar-refractivity contribution < 1.29 is 95.5 Å². The Morgan fingerprint density at radius 1 is 0.528 bits per heavy atom. The Hall–Kier alpha value is -5.89. The topological polar surface area (TPSA) is 101 Å². The molecule has 4 rings (SSSR count). The quantitative estimate of drug-likeness (QED) is 0.139. The summed E-state index contributed by atoms with van der Waals surface area (Å²) in [5, 5.41) is 9.07. The van der Waals surface area contributed by atoms with Gasteiger partial charge in [-0.3, -0.25) is 9.59 Å². The molecule has 0 radical (unpaired) electrons. The zero-order valence-electron chi connectivity index (χ0n) is 26.3. The summed E-state index contributed by atoms with van der Waals surface area (Å²) >= 11 is 0. The van der Waals surface area contributed by atoms with Crippen molar-refractivity contribution >= 4 is 12.6 Å². The third-order valence-electron chi connectivity index (χ3n) is 5.90. The van der Waals surface area contributed by atoms with E-state index in [4.69, 9.17) is 14.6 Å². The number of methoxy groups -OCH3 is 2. The number of aldehydes is 2. The van der Waals surface area contributed by atoms with Crippen LogP contribution in [-0.2, 0) is 12.4 Å². The summed E-state index contributed by atoms with van der Waals surface area (Å²) in [6, 6.07) is 9.71. The second-order valence-corrected chi connectivity index (χ2v) is 9.56. The number of ether oxygens (including phenoxy) is 5. The van der Waals surface area contributed by atoms with Gasteiger partial charge in [0.05, 0.1) is 36.5 Å². The number of benzene rings is 4. The van der Waals surface area contributed by atoms with Crippen LogP contribution >= 0.6 is 0 Å². The van der Waals surface area contributed by atoms with Crippen molar-refractivity contribution in [2.75, 3.05) is 14.2 Å². The van der Waals surface area contributed by atoms with E-state index in [0.717, 1.165) is 55.6 Å². The van der Waals surface area contributed by atoms with E-state index >= 15 is 0 Å². The predicted molar refractivity (Wildman–Crippen MR) is 155 cm³/mol. The van der Waals surface area contributed by atoms with E-state index in [-0.39, 0.29) is 46.7 Å². The first-order valence-corrected chi connectivity index (χ1v) is 13.6. The maximum atomic E-state index is 12.8. The van der Waals surface area contributed by atoms with E-state index in [1.165, 1.54) is 7.11 Å². The highest BCUT2D eigenvalue weighted by molar-refractivity contribution is 5.80. The summed E-state index contributed by atoms with van der Waals surface area (Å²) in [5.41, 5.74) is -2.73. The van der Waals surface area contributed by atoms with E-state index in [9.17, 15) is 66.7 Å². The van der Waals surface area contributed by atoms with Gasteiger partial charge in [0, 0.05) is 12.1 Å². The fourth-order valence-corrected chi connectivity index (χ4v) is 3.60. The maximum Gasteiger partial charge on any atom is 0.573 e. The molecule has 288 valence electrons. The van der Waals surface area contributed by atoms with Crippen molar-refractivity contribution in [3.05, 3.63) is 101 Å². The van der Waals surface area contributed by atoms with Crippen LogP contribution in [-0.4, -0.2) is 44.6 Å². The molecule has 0 saturated heterocycles. The molecule has 0 spiro atoms. The lowest BCUT2D eigenvalue weighted by atomic mass is 10.1. The first kappa shape index (κ1) is 43.3. The van der Waals surface area contributed by atoms with Crippen molar-refractivity contribution in [3.8, 4) is 40.2 Å². The summed E-state index contributed by atoms with van der Waals surface area (Å²) in [7, 11) is 2.35. The van der Waals surface area contributed by atoms with Gasteiger partial charge in [-0.25, -0.2) is 4.39 Å². The van der Waals surface area contributed by atoms with Crippen LogP contribution in [0, 0.1) is 5.82 Å². The summed E-state index contributed by atoms with van der Waals surface area (Å²) in [6.45, 7) is 0. The van der Waals surface area contributed by atoms with Crippen molar-refractivity contribution in [1.82, 2.24) is 0 Å². The summed E-state index contributed by atoms with van der Waals surface area (Å²) in [6.07, 6.45) is -18.5. The Kier molecular flexibility index (Phi) is 14.3. The fraction of sp³-hybridized carbons (Fsp3) is 0.188. The molecule has 0 aliphatic heterocycles. The third kappa shape index (κ3) is 14.0. The van der Waals surface area contributed by atoms with E-state index in [2.05, 4.69) is 14.2 Å². The van der Waals surface area contributed by atoms with Crippen molar-refractivity contribution in [2.45, 2.75) is 25.1 Å². The van der Waals surface area contributed by atoms with Crippen LogP contribution in [0.2, 0.25) is 0 Å².